The highest BCUT2D eigenvalue weighted by Gasteiger charge is 2.29. The molecule has 0 spiro atoms. The highest BCUT2D eigenvalue weighted by molar-refractivity contribution is 5.91. The van der Waals surface area contributed by atoms with Crippen LogP contribution in [-0.2, 0) is 0 Å². The Hall–Kier alpha value is -2.14. The van der Waals surface area contributed by atoms with Gasteiger partial charge in [-0.05, 0) is 48.6 Å². The summed E-state index contributed by atoms with van der Waals surface area (Å²) in [5, 5.41) is 10.4. The van der Waals surface area contributed by atoms with E-state index in [1.165, 1.54) is 18.4 Å². The van der Waals surface area contributed by atoms with Crippen molar-refractivity contribution in [2.45, 2.75) is 18.9 Å². The van der Waals surface area contributed by atoms with Gasteiger partial charge in [-0.15, -0.1) is 0 Å². The van der Waals surface area contributed by atoms with Crippen LogP contribution in [0, 0.1) is 11.7 Å². The third kappa shape index (κ3) is 3.04. The van der Waals surface area contributed by atoms with E-state index >= 15 is 0 Å². The van der Waals surface area contributed by atoms with Gasteiger partial charge in [0.1, 0.15) is 5.82 Å². The topological polar surface area (TPSA) is 53.7 Å². The van der Waals surface area contributed by atoms with E-state index in [1.807, 2.05) is 0 Å². The number of amides is 1. The molecule has 1 N–H and O–H groups in total. The predicted octanol–water partition coefficient (Wildman–Crippen LogP) is 3.00. The average Bonchev–Trinajstić information content (AvgIpc) is 3.09. The molecule has 2 heterocycles. The second kappa shape index (κ2) is 6.32. The minimum Gasteiger partial charge on any atom is -0.459 e. The maximum absolute atomic E-state index is 12.9. The normalized spacial score (nSPS) is 17.5. The molecule has 1 aromatic heterocycles. The summed E-state index contributed by atoms with van der Waals surface area (Å²) in [4.78, 5) is 13.9. The van der Waals surface area contributed by atoms with Crippen molar-refractivity contribution in [3.63, 3.8) is 0 Å². The fourth-order valence-electron chi connectivity index (χ4n) is 2.91. The Bertz CT molecular complexity index is 616. The monoisotopic (exact) mass is 303 g/mol. The van der Waals surface area contributed by atoms with Crippen molar-refractivity contribution in [3.8, 4) is 0 Å². The fraction of sp³-hybridized carbons (Fsp3) is 0.353. The summed E-state index contributed by atoms with van der Waals surface area (Å²) in [6.45, 7) is 1.17. The minimum absolute atomic E-state index is 0.0751. The number of carbonyl (C=O) groups excluding carboxylic acids is 1. The molecular formula is C17H18FNO3. The molecule has 5 heteroatoms. The molecule has 0 aliphatic carbocycles. The van der Waals surface area contributed by atoms with Crippen LogP contribution < -0.4 is 0 Å². The molecule has 1 aliphatic rings. The highest BCUT2D eigenvalue weighted by Crippen LogP contribution is 2.31. The number of carbonyl (C=O) groups is 1. The molecule has 1 aliphatic heterocycles. The number of rotatable bonds is 3. The Morgan fingerprint density at radius 2 is 1.91 bits per heavy atom. The minimum atomic E-state index is -0.624. The van der Waals surface area contributed by atoms with Gasteiger partial charge in [-0.2, -0.15) is 0 Å². The number of hydrogen-bond acceptors (Lipinski definition) is 3. The third-order valence-electron chi connectivity index (χ3n) is 4.22. The van der Waals surface area contributed by atoms with Crippen molar-refractivity contribution in [1.29, 1.82) is 0 Å². The first-order valence-electron chi connectivity index (χ1n) is 7.41. The van der Waals surface area contributed by atoms with Crippen LogP contribution in [0.2, 0.25) is 0 Å². The molecule has 3 rings (SSSR count). The van der Waals surface area contributed by atoms with Gasteiger partial charge in [0.2, 0.25) is 0 Å². The SMILES string of the molecule is O=C(c1ccco1)N1CCC(C(O)c2ccc(F)cc2)CC1. The molecule has 1 atom stereocenters. The molecule has 22 heavy (non-hydrogen) atoms. The van der Waals surface area contributed by atoms with Gasteiger partial charge in [-0.1, -0.05) is 12.1 Å². The van der Waals surface area contributed by atoms with Crippen LogP contribution in [0.25, 0.3) is 0 Å². The van der Waals surface area contributed by atoms with E-state index in [-0.39, 0.29) is 17.6 Å². The molecule has 0 saturated carbocycles. The Kier molecular flexibility index (Phi) is 4.24. The molecular weight excluding hydrogens is 285 g/mol. The maximum Gasteiger partial charge on any atom is 0.289 e. The van der Waals surface area contributed by atoms with E-state index < -0.39 is 6.10 Å². The second-order valence-electron chi connectivity index (χ2n) is 5.60. The standard InChI is InChI=1S/C17H18FNO3/c18-14-5-3-12(4-6-14)16(20)13-7-9-19(10-8-13)17(21)15-2-1-11-22-15/h1-6,11,13,16,20H,7-10H2. The zero-order valence-corrected chi connectivity index (χ0v) is 12.1. The molecule has 0 bridgehead atoms. The van der Waals surface area contributed by atoms with E-state index in [9.17, 15) is 14.3 Å². The number of aliphatic hydroxyl groups excluding tert-OH is 1. The molecule has 4 nitrogen and oxygen atoms in total. The van der Waals surface area contributed by atoms with Crippen molar-refractivity contribution in [2.24, 2.45) is 5.92 Å². The number of benzene rings is 1. The number of hydrogen-bond donors (Lipinski definition) is 1. The van der Waals surface area contributed by atoms with Crippen LogP contribution in [0.15, 0.2) is 47.1 Å². The lowest BCUT2D eigenvalue weighted by Gasteiger charge is -2.34. The molecule has 1 amide bonds. The zero-order valence-electron chi connectivity index (χ0n) is 12.1. The molecule has 1 fully saturated rings. The first kappa shape index (κ1) is 14.8. The summed E-state index contributed by atoms with van der Waals surface area (Å²) >= 11 is 0. The predicted molar refractivity (Wildman–Crippen MR) is 78.7 cm³/mol. The van der Waals surface area contributed by atoms with Gasteiger partial charge < -0.3 is 14.4 Å². The van der Waals surface area contributed by atoms with Crippen LogP contribution >= 0.6 is 0 Å². The summed E-state index contributed by atoms with van der Waals surface area (Å²) in [7, 11) is 0. The summed E-state index contributed by atoms with van der Waals surface area (Å²) in [5.74, 6) is -0.00168. The maximum atomic E-state index is 12.9. The van der Waals surface area contributed by atoms with E-state index in [0.717, 1.165) is 5.56 Å². The highest BCUT2D eigenvalue weighted by atomic mass is 19.1. The number of aliphatic hydroxyl groups is 1. The Balaban J connectivity index is 1.59. The summed E-state index contributed by atoms with van der Waals surface area (Å²) in [5.41, 5.74) is 0.720. The molecule has 1 saturated heterocycles. The first-order valence-corrected chi connectivity index (χ1v) is 7.41. The van der Waals surface area contributed by atoms with Crippen LogP contribution in [0.1, 0.15) is 35.1 Å². The van der Waals surface area contributed by atoms with Gasteiger partial charge in [0, 0.05) is 13.1 Å². The first-order chi connectivity index (χ1) is 10.6. The summed E-state index contributed by atoms with van der Waals surface area (Å²) < 4.78 is 18.1. The van der Waals surface area contributed by atoms with Crippen LogP contribution in [0.5, 0.6) is 0 Å². The average molecular weight is 303 g/mol. The van der Waals surface area contributed by atoms with Gasteiger partial charge >= 0.3 is 0 Å². The van der Waals surface area contributed by atoms with Crippen LogP contribution in [0.3, 0.4) is 0 Å². The Morgan fingerprint density at radius 3 is 2.50 bits per heavy atom. The molecule has 2 aromatic rings. The molecule has 1 unspecified atom stereocenters. The summed E-state index contributed by atoms with van der Waals surface area (Å²) in [6, 6.07) is 9.28. The van der Waals surface area contributed by atoms with E-state index in [2.05, 4.69) is 0 Å². The van der Waals surface area contributed by atoms with Crippen LogP contribution in [0.4, 0.5) is 4.39 Å². The van der Waals surface area contributed by atoms with E-state index in [1.54, 1.807) is 29.2 Å². The molecule has 1 aromatic carbocycles. The lowest BCUT2D eigenvalue weighted by atomic mass is 9.87. The number of piperidine rings is 1. The summed E-state index contributed by atoms with van der Waals surface area (Å²) in [6.07, 6.45) is 2.29. The lowest BCUT2D eigenvalue weighted by Crippen LogP contribution is -2.39. The van der Waals surface area contributed by atoms with E-state index in [0.29, 0.717) is 31.7 Å². The third-order valence-corrected chi connectivity index (χ3v) is 4.22. The lowest BCUT2D eigenvalue weighted by molar-refractivity contribution is 0.0442. The van der Waals surface area contributed by atoms with Crippen LogP contribution in [-0.4, -0.2) is 29.0 Å². The number of nitrogens with zero attached hydrogens (tertiary/aromatic N) is 1. The van der Waals surface area contributed by atoms with Crippen molar-refractivity contribution >= 4 is 5.91 Å². The quantitative estimate of drug-likeness (QED) is 0.948. The number of furan rings is 1. The van der Waals surface area contributed by atoms with Gasteiger partial charge in [0.25, 0.3) is 5.91 Å². The van der Waals surface area contributed by atoms with Gasteiger partial charge in [0.05, 0.1) is 12.4 Å². The largest absolute Gasteiger partial charge is 0.459 e. The Labute approximate surface area is 128 Å². The Morgan fingerprint density at radius 1 is 1.23 bits per heavy atom. The van der Waals surface area contributed by atoms with Crippen molar-refractivity contribution < 1.29 is 18.7 Å². The zero-order chi connectivity index (χ0) is 15.5. The van der Waals surface area contributed by atoms with Gasteiger partial charge in [0.15, 0.2) is 5.76 Å². The molecule has 0 radical (unpaired) electrons. The van der Waals surface area contributed by atoms with Gasteiger partial charge in [-0.25, -0.2) is 4.39 Å². The van der Waals surface area contributed by atoms with Crippen molar-refractivity contribution in [1.82, 2.24) is 4.90 Å². The van der Waals surface area contributed by atoms with E-state index in [4.69, 9.17) is 4.42 Å². The smallest absolute Gasteiger partial charge is 0.289 e. The second-order valence-corrected chi connectivity index (χ2v) is 5.60. The number of likely N-dealkylation sites (tertiary alicyclic amines) is 1. The number of halogens is 1. The van der Waals surface area contributed by atoms with Crippen molar-refractivity contribution in [2.75, 3.05) is 13.1 Å². The van der Waals surface area contributed by atoms with Gasteiger partial charge in [-0.3, -0.25) is 4.79 Å². The molecule has 116 valence electrons. The fourth-order valence-corrected chi connectivity index (χ4v) is 2.91. The van der Waals surface area contributed by atoms with Crippen molar-refractivity contribution in [3.05, 3.63) is 59.8 Å².